The second kappa shape index (κ2) is 6.80. The van der Waals surface area contributed by atoms with E-state index in [0.29, 0.717) is 0 Å². The van der Waals surface area contributed by atoms with Crippen molar-refractivity contribution in [1.29, 1.82) is 0 Å². The smallest absolute Gasteiger partial charge is 0.317 e. The Bertz CT molecular complexity index is 190. The second-order valence-corrected chi connectivity index (χ2v) is 2.33. The van der Waals surface area contributed by atoms with Gasteiger partial charge in [0, 0.05) is 0 Å². The Hall–Kier alpha value is -1.67. The average Bonchev–Trinajstić information content (AvgIpc) is 1.80. The summed E-state index contributed by atoms with van der Waals surface area (Å²) in [4.78, 5) is 31.2. The maximum Gasteiger partial charge on any atom is 0.317 e. The molecule has 0 aliphatic carbocycles. The molecule has 8 heteroatoms. The van der Waals surface area contributed by atoms with Crippen LogP contribution in [0.3, 0.4) is 0 Å². The van der Waals surface area contributed by atoms with Crippen LogP contribution < -0.4 is 6.15 Å². The highest BCUT2D eigenvalue weighted by atomic mass is 16.4. The van der Waals surface area contributed by atoms with Crippen LogP contribution in [-0.4, -0.2) is 57.8 Å². The number of carboxylic acids is 3. The van der Waals surface area contributed by atoms with Crippen LogP contribution in [0.2, 0.25) is 0 Å². The van der Waals surface area contributed by atoms with E-state index in [1.807, 2.05) is 0 Å². The van der Waals surface area contributed by atoms with Gasteiger partial charge in [-0.05, 0) is 0 Å². The molecule has 0 bridgehead atoms. The van der Waals surface area contributed by atoms with Crippen molar-refractivity contribution in [2.24, 2.45) is 0 Å². The molecule has 0 fully saturated rings. The molecule has 0 amide bonds. The number of rotatable bonds is 6. The molecule has 0 atom stereocenters. The molecule has 0 heterocycles. The zero-order chi connectivity index (χ0) is 10.4. The number of aliphatic carboxylic acids is 3. The van der Waals surface area contributed by atoms with E-state index in [1.54, 1.807) is 0 Å². The minimum absolute atomic E-state index is 0. The summed E-state index contributed by atoms with van der Waals surface area (Å²) in [6, 6.07) is 0. The Labute approximate surface area is 79.3 Å². The fourth-order valence-corrected chi connectivity index (χ4v) is 0.742. The summed E-state index contributed by atoms with van der Waals surface area (Å²) in [5.74, 6) is -3.78. The number of hydrogen-bond donors (Lipinski definition) is 4. The van der Waals surface area contributed by atoms with Crippen LogP contribution in [0.25, 0.3) is 0 Å². The molecule has 0 aliphatic heterocycles. The maximum absolute atomic E-state index is 10.1. The lowest BCUT2D eigenvalue weighted by Gasteiger charge is -2.14. The lowest BCUT2D eigenvalue weighted by atomic mass is 10.4. The van der Waals surface area contributed by atoms with Gasteiger partial charge in [-0.25, -0.2) is 0 Å². The summed E-state index contributed by atoms with van der Waals surface area (Å²) in [5, 5.41) is 24.8. The first kappa shape index (κ1) is 14.8. The largest absolute Gasteiger partial charge is 0.480 e. The number of hydrogen-bond acceptors (Lipinski definition) is 5. The van der Waals surface area contributed by atoms with Gasteiger partial charge < -0.3 is 21.5 Å². The summed E-state index contributed by atoms with van der Waals surface area (Å²) in [6.45, 7) is -1.80. The SMILES string of the molecule is N.O=C(O)CN(CC(=O)O)CC(=O)O. The van der Waals surface area contributed by atoms with Crippen LogP contribution in [0.4, 0.5) is 0 Å². The highest BCUT2D eigenvalue weighted by Crippen LogP contribution is 1.87. The fourth-order valence-electron chi connectivity index (χ4n) is 0.742. The Balaban J connectivity index is 0. The molecule has 0 aliphatic rings. The highest BCUT2D eigenvalue weighted by Gasteiger charge is 2.15. The standard InChI is InChI=1S/C6H9NO6.H3N/c8-4(9)1-7(2-5(10)11)3-6(12)13;/h1-3H2,(H,8,9)(H,10,11)(H,12,13);1H3. The molecule has 8 nitrogen and oxygen atoms in total. The van der Waals surface area contributed by atoms with Crippen LogP contribution in [0, 0.1) is 0 Å². The van der Waals surface area contributed by atoms with Crippen molar-refractivity contribution < 1.29 is 29.7 Å². The van der Waals surface area contributed by atoms with Gasteiger partial charge in [-0.3, -0.25) is 19.3 Å². The summed E-state index contributed by atoms with van der Waals surface area (Å²) >= 11 is 0. The van der Waals surface area contributed by atoms with Crippen molar-refractivity contribution in [3.05, 3.63) is 0 Å². The molecule has 6 N–H and O–H groups in total. The van der Waals surface area contributed by atoms with Gasteiger partial charge in [0.2, 0.25) is 0 Å². The van der Waals surface area contributed by atoms with E-state index in [-0.39, 0.29) is 6.15 Å². The third-order valence-electron chi connectivity index (χ3n) is 1.08. The molecule has 14 heavy (non-hydrogen) atoms. The van der Waals surface area contributed by atoms with E-state index in [0.717, 1.165) is 4.90 Å². The number of carbonyl (C=O) groups is 3. The second-order valence-electron chi connectivity index (χ2n) is 2.33. The molecule has 0 saturated carbocycles. The topological polar surface area (TPSA) is 150 Å². The van der Waals surface area contributed by atoms with Crippen molar-refractivity contribution >= 4 is 17.9 Å². The van der Waals surface area contributed by atoms with Gasteiger partial charge in [0.1, 0.15) is 0 Å². The molecule has 0 rings (SSSR count). The lowest BCUT2D eigenvalue weighted by Crippen LogP contribution is -2.38. The summed E-state index contributed by atoms with van der Waals surface area (Å²) in [7, 11) is 0. The van der Waals surface area contributed by atoms with Crippen LogP contribution in [0.5, 0.6) is 0 Å². The number of carboxylic acid groups (broad SMARTS) is 3. The van der Waals surface area contributed by atoms with Crippen molar-refractivity contribution in [3.8, 4) is 0 Å². The van der Waals surface area contributed by atoms with Gasteiger partial charge in [0.25, 0.3) is 0 Å². The van der Waals surface area contributed by atoms with Crippen molar-refractivity contribution in [1.82, 2.24) is 11.1 Å². The van der Waals surface area contributed by atoms with Gasteiger partial charge in [-0.2, -0.15) is 0 Å². The molecule has 0 spiro atoms. The zero-order valence-corrected chi connectivity index (χ0v) is 7.34. The van der Waals surface area contributed by atoms with Crippen LogP contribution in [-0.2, 0) is 14.4 Å². The fraction of sp³-hybridized carbons (Fsp3) is 0.500. The Morgan fingerprint density at radius 3 is 1.14 bits per heavy atom. The molecular weight excluding hydrogens is 196 g/mol. The first-order chi connectivity index (χ1) is 5.91. The molecule has 0 aromatic carbocycles. The van der Waals surface area contributed by atoms with E-state index < -0.39 is 37.5 Å². The van der Waals surface area contributed by atoms with E-state index in [4.69, 9.17) is 15.3 Å². The Morgan fingerprint density at radius 1 is 0.786 bits per heavy atom. The van der Waals surface area contributed by atoms with Gasteiger partial charge in [-0.15, -0.1) is 0 Å². The van der Waals surface area contributed by atoms with E-state index in [1.165, 1.54) is 0 Å². The molecule has 0 aromatic heterocycles. The molecule has 0 aromatic rings. The predicted molar refractivity (Wildman–Crippen MR) is 44.4 cm³/mol. The summed E-state index contributed by atoms with van der Waals surface area (Å²) in [6.07, 6.45) is 0. The normalized spacial score (nSPS) is 9.21. The quantitative estimate of drug-likeness (QED) is 0.420. The van der Waals surface area contributed by atoms with Gasteiger partial charge in [0.15, 0.2) is 0 Å². The van der Waals surface area contributed by atoms with Crippen LogP contribution >= 0.6 is 0 Å². The lowest BCUT2D eigenvalue weighted by molar-refractivity contribution is -0.144. The monoisotopic (exact) mass is 208 g/mol. The van der Waals surface area contributed by atoms with Crippen LogP contribution in [0.15, 0.2) is 0 Å². The van der Waals surface area contributed by atoms with Crippen molar-refractivity contribution in [3.63, 3.8) is 0 Å². The van der Waals surface area contributed by atoms with Crippen LogP contribution in [0.1, 0.15) is 0 Å². The first-order valence-corrected chi connectivity index (χ1v) is 3.29. The van der Waals surface area contributed by atoms with E-state index in [2.05, 4.69) is 0 Å². The molecular formula is C6H12N2O6. The Kier molecular flexibility index (Phi) is 7.21. The summed E-state index contributed by atoms with van der Waals surface area (Å²) in [5.41, 5.74) is 0. The first-order valence-electron chi connectivity index (χ1n) is 3.29. The molecule has 82 valence electrons. The van der Waals surface area contributed by atoms with Crippen molar-refractivity contribution in [2.45, 2.75) is 0 Å². The predicted octanol–water partition coefficient (Wildman–Crippen LogP) is -1.30. The molecule has 0 radical (unpaired) electrons. The van der Waals surface area contributed by atoms with Gasteiger partial charge >= 0.3 is 17.9 Å². The zero-order valence-electron chi connectivity index (χ0n) is 7.34. The third-order valence-corrected chi connectivity index (χ3v) is 1.08. The summed E-state index contributed by atoms with van der Waals surface area (Å²) < 4.78 is 0. The van der Waals surface area contributed by atoms with Gasteiger partial charge in [0.05, 0.1) is 19.6 Å². The molecule has 0 unspecified atom stereocenters. The minimum Gasteiger partial charge on any atom is -0.480 e. The van der Waals surface area contributed by atoms with Crippen molar-refractivity contribution in [2.75, 3.05) is 19.6 Å². The number of nitrogens with zero attached hydrogens (tertiary/aromatic N) is 1. The average molecular weight is 208 g/mol. The molecule has 0 saturated heterocycles. The highest BCUT2D eigenvalue weighted by molar-refractivity contribution is 5.75. The minimum atomic E-state index is -1.26. The Morgan fingerprint density at radius 2 is 1.00 bits per heavy atom. The third kappa shape index (κ3) is 8.43. The van der Waals surface area contributed by atoms with E-state index in [9.17, 15) is 14.4 Å². The van der Waals surface area contributed by atoms with E-state index >= 15 is 0 Å². The maximum atomic E-state index is 10.1. The van der Waals surface area contributed by atoms with Gasteiger partial charge in [-0.1, -0.05) is 0 Å².